The van der Waals surface area contributed by atoms with Crippen molar-refractivity contribution in [2.45, 2.75) is 38.6 Å². The Hall–Kier alpha value is -1.78. The van der Waals surface area contributed by atoms with E-state index in [4.69, 9.17) is 4.74 Å². The number of carbonyl (C=O) groups is 1. The van der Waals surface area contributed by atoms with E-state index in [2.05, 4.69) is 17.6 Å². The molecule has 0 heterocycles. The molecule has 0 saturated heterocycles. The molecule has 2 atom stereocenters. The van der Waals surface area contributed by atoms with Crippen LogP contribution in [0.4, 0.5) is 14.9 Å². The van der Waals surface area contributed by atoms with Gasteiger partial charge in [-0.25, -0.2) is 9.18 Å². The Morgan fingerprint density at radius 2 is 2.10 bits per heavy atom. The molecule has 0 bridgehead atoms. The van der Waals surface area contributed by atoms with Crippen LogP contribution in [0.5, 0.6) is 5.75 Å². The molecular formula is C15H21FN2O2. The normalized spacial score (nSPS) is 22.1. The third kappa shape index (κ3) is 3.62. The minimum atomic E-state index is -0.490. The molecule has 2 N–H and O–H groups in total. The van der Waals surface area contributed by atoms with E-state index in [-0.39, 0.29) is 17.8 Å². The summed E-state index contributed by atoms with van der Waals surface area (Å²) in [6.07, 6.45) is 4.52. The highest BCUT2D eigenvalue weighted by atomic mass is 19.1. The quantitative estimate of drug-likeness (QED) is 0.889. The number of nitrogens with one attached hydrogen (secondary N) is 2. The lowest BCUT2D eigenvalue weighted by Crippen LogP contribution is -2.43. The lowest BCUT2D eigenvalue weighted by atomic mass is 9.86. The molecule has 110 valence electrons. The number of rotatable bonds is 3. The van der Waals surface area contributed by atoms with Gasteiger partial charge in [0.1, 0.15) is 0 Å². The van der Waals surface area contributed by atoms with Crippen LogP contribution in [0.3, 0.4) is 0 Å². The van der Waals surface area contributed by atoms with E-state index in [0.29, 0.717) is 11.6 Å². The van der Waals surface area contributed by atoms with Gasteiger partial charge in [-0.15, -0.1) is 0 Å². The molecule has 2 amide bonds. The van der Waals surface area contributed by atoms with Crippen LogP contribution in [0.1, 0.15) is 32.6 Å². The lowest BCUT2D eigenvalue weighted by molar-refractivity contribution is 0.232. The highest BCUT2D eigenvalue weighted by Crippen LogP contribution is 2.24. The molecule has 0 radical (unpaired) electrons. The Morgan fingerprint density at radius 1 is 1.35 bits per heavy atom. The summed E-state index contributed by atoms with van der Waals surface area (Å²) in [7, 11) is 1.41. The first-order valence-corrected chi connectivity index (χ1v) is 7.01. The molecule has 0 aliphatic heterocycles. The molecule has 2 unspecified atom stereocenters. The summed E-state index contributed by atoms with van der Waals surface area (Å²) < 4.78 is 18.4. The molecule has 4 nitrogen and oxygen atoms in total. The average Bonchev–Trinajstić information content (AvgIpc) is 2.41. The number of carbonyl (C=O) groups excluding carboxylic acids is 1. The van der Waals surface area contributed by atoms with Crippen LogP contribution in [0, 0.1) is 11.7 Å². The molecule has 1 aliphatic rings. The molecule has 1 aromatic carbocycles. The SMILES string of the molecule is COc1ccc(NC(=O)NC2CCCCC2C)cc1F. The standard InChI is InChI=1S/C15H21FN2O2/c1-10-5-3-4-6-13(10)18-15(19)17-11-7-8-14(20-2)12(16)9-11/h7-10,13H,3-6H2,1-2H3,(H2,17,18,19). The molecule has 1 aromatic rings. The fourth-order valence-electron chi connectivity index (χ4n) is 2.61. The van der Waals surface area contributed by atoms with Crippen LogP contribution >= 0.6 is 0 Å². The fraction of sp³-hybridized carbons (Fsp3) is 0.533. The molecule has 1 aliphatic carbocycles. The van der Waals surface area contributed by atoms with Gasteiger partial charge in [0, 0.05) is 17.8 Å². The first-order valence-electron chi connectivity index (χ1n) is 7.01. The number of ether oxygens (including phenoxy) is 1. The van der Waals surface area contributed by atoms with Crippen LogP contribution in [0.15, 0.2) is 18.2 Å². The van der Waals surface area contributed by atoms with Gasteiger partial charge in [-0.1, -0.05) is 19.8 Å². The van der Waals surface area contributed by atoms with Crippen molar-refractivity contribution in [3.63, 3.8) is 0 Å². The fourth-order valence-corrected chi connectivity index (χ4v) is 2.61. The van der Waals surface area contributed by atoms with E-state index in [0.717, 1.165) is 19.3 Å². The predicted molar refractivity (Wildman–Crippen MR) is 76.5 cm³/mol. The van der Waals surface area contributed by atoms with Crippen molar-refractivity contribution in [2.75, 3.05) is 12.4 Å². The Morgan fingerprint density at radius 3 is 2.75 bits per heavy atom. The topological polar surface area (TPSA) is 50.4 Å². The third-order valence-corrected chi connectivity index (χ3v) is 3.84. The van der Waals surface area contributed by atoms with Crippen LogP contribution in [0.25, 0.3) is 0 Å². The van der Waals surface area contributed by atoms with E-state index in [1.54, 1.807) is 6.07 Å². The summed E-state index contributed by atoms with van der Waals surface area (Å²) in [5, 5.41) is 5.62. The summed E-state index contributed by atoms with van der Waals surface area (Å²) in [4.78, 5) is 11.9. The molecule has 20 heavy (non-hydrogen) atoms. The predicted octanol–water partition coefficient (Wildman–Crippen LogP) is 3.53. The van der Waals surface area contributed by atoms with E-state index in [9.17, 15) is 9.18 Å². The van der Waals surface area contributed by atoms with E-state index >= 15 is 0 Å². The van der Waals surface area contributed by atoms with Crippen LogP contribution < -0.4 is 15.4 Å². The van der Waals surface area contributed by atoms with Crippen molar-refractivity contribution in [1.82, 2.24) is 5.32 Å². The average molecular weight is 280 g/mol. The highest BCUT2D eigenvalue weighted by molar-refractivity contribution is 5.89. The largest absolute Gasteiger partial charge is 0.494 e. The molecule has 5 heteroatoms. The van der Waals surface area contributed by atoms with Gasteiger partial charge in [0.25, 0.3) is 0 Å². The maximum atomic E-state index is 13.5. The molecule has 2 rings (SSSR count). The zero-order chi connectivity index (χ0) is 14.5. The van der Waals surface area contributed by atoms with Gasteiger partial charge in [-0.05, 0) is 30.9 Å². The first-order chi connectivity index (χ1) is 9.60. The smallest absolute Gasteiger partial charge is 0.319 e. The Kier molecular flexibility index (Phi) is 4.82. The van der Waals surface area contributed by atoms with Gasteiger partial charge in [0.05, 0.1) is 7.11 Å². The van der Waals surface area contributed by atoms with Gasteiger partial charge in [-0.2, -0.15) is 0 Å². The minimum absolute atomic E-state index is 0.164. The maximum absolute atomic E-state index is 13.5. The molecule has 0 spiro atoms. The Balaban J connectivity index is 1.92. The highest BCUT2D eigenvalue weighted by Gasteiger charge is 2.22. The number of anilines is 1. The zero-order valence-electron chi connectivity index (χ0n) is 11.9. The van der Waals surface area contributed by atoms with Gasteiger partial charge in [-0.3, -0.25) is 0 Å². The maximum Gasteiger partial charge on any atom is 0.319 e. The van der Waals surface area contributed by atoms with E-state index in [1.807, 2.05) is 0 Å². The molecule has 0 aromatic heterocycles. The number of hydrogen-bond donors (Lipinski definition) is 2. The number of hydrogen-bond acceptors (Lipinski definition) is 2. The second-order valence-corrected chi connectivity index (χ2v) is 5.32. The third-order valence-electron chi connectivity index (χ3n) is 3.84. The summed E-state index contributed by atoms with van der Waals surface area (Å²) in [5.41, 5.74) is 0.421. The van der Waals surface area contributed by atoms with Crippen molar-refractivity contribution in [3.05, 3.63) is 24.0 Å². The summed E-state index contributed by atoms with van der Waals surface area (Å²) in [6, 6.07) is 4.28. The number of amides is 2. The lowest BCUT2D eigenvalue weighted by Gasteiger charge is -2.29. The van der Waals surface area contributed by atoms with Crippen molar-refractivity contribution in [3.8, 4) is 5.75 Å². The Labute approximate surface area is 118 Å². The van der Waals surface area contributed by atoms with Gasteiger partial charge < -0.3 is 15.4 Å². The number of benzene rings is 1. The summed E-state index contributed by atoms with van der Waals surface area (Å²) in [6.45, 7) is 2.15. The van der Waals surface area contributed by atoms with Gasteiger partial charge in [0.2, 0.25) is 0 Å². The minimum Gasteiger partial charge on any atom is -0.494 e. The number of halogens is 1. The van der Waals surface area contributed by atoms with E-state index < -0.39 is 5.82 Å². The summed E-state index contributed by atoms with van der Waals surface area (Å²) in [5.74, 6) is 0.162. The Bertz CT molecular complexity index is 479. The van der Waals surface area contributed by atoms with Crippen molar-refractivity contribution >= 4 is 11.7 Å². The van der Waals surface area contributed by atoms with Crippen LogP contribution in [-0.2, 0) is 0 Å². The van der Waals surface area contributed by atoms with Crippen LogP contribution in [-0.4, -0.2) is 19.2 Å². The van der Waals surface area contributed by atoms with Crippen molar-refractivity contribution in [1.29, 1.82) is 0 Å². The second-order valence-electron chi connectivity index (χ2n) is 5.32. The molecule has 1 fully saturated rings. The molecular weight excluding hydrogens is 259 g/mol. The van der Waals surface area contributed by atoms with Crippen LogP contribution in [0.2, 0.25) is 0 Å². The van der Waals surface area contributed by atoms with Gasteiger partial charge in [0.15, 0.2) is 11.6 Å². The first kappa shape index (κ1) is 14.6. The van der Waals surface area contributed by atoms with Crippen molar-refractivity contribution < 1.29 is 13.9 Å². The monoisotopic (exact) mass is 280 g/mol. The zero-order valence-corrected chi connectivity index (χ0v) is 11.9. The second kappa shape index (κ2) is 6.59. The van der Waals surface area contributed by atoms with Gasteiger partial charge >= 0.3 is 6.03 Å². The summed E-state index contributed by atoms with van der Waals surface area (Å²) >= 11 is 0. The number of urea groups is 1. The van der Waals surface area contributed by atoms with E-state index in [1.165, 1.54) is 25.7 Å². The number of methoxy groups -OCH3 is 1. The molecule has 1 saturated carbocycles. The van der Waals surface area contributed by atoms with Crippen molar-refractivity contribution in [2.24, 2.45) is 5.92 Å².